The molecule has 2 aromatic rings. The first-order chi connectivity index (χ1) is 14.1. The first-order valence-electron chi connectivity index (χ1n) is 9.69. The Morgan fingerprint density at radius 2 is 2.07 bits per heavy atom. The van der Waals surface area contributed by atoms with E-state index in [1.807, 2.05) is 0 Å². The third kappa shape index (κ3) is 3.29. The molecule has 1 saturated heterocycles. The van der Waals surface area contributed by atoms with E-state index in [1.54, 1.807) is 4.90 Å². The topological polar surface area (TPSA) is 64.2 Å². The van der Waals surface area contributed by atoms with Gasteiger partial charge in [0.05, 0.1) is 15.7 Å². The summed E-state index contributed by atoms with van der Waals surface area (Å²) in [6.45, 7) is 2.67. The van der Waals surface area contributed by atoms with Gasteiger partial charge in [-0.15, -0.1) is 0 Å². The molecule has 2 aliphatic rings. The van der Waals surface area contributed by atoms with Gasteiger partial charge >= 0.3 is 6.18 Å². The second-order valence-electron chi connectivity index (χ2n) is 8.11. The number of hydrogen-bond donors (Lipinski definition) is 1. The zero-order valence-corrected chi connectivity index (χ0v) is 17.8. The lowest BCUT2D eigenvalue weighted by Gasteiger charge is -2.28. The second kappa shape index (κ2) is 7.43. The zero-order chi connectivity index (χ0) is 21.8. The summed E-state index contributed by atoms with van der Waals surface area (Å²) < 4.78 is 43.1. The summed E-state index contributed by atoms with van der Waals surface area (Å²) >= 11 is 12.2. The molecule has 0 radical (unpaired) electrons. The van der Waals surface area contributed by atoms with Crippen molar-refractivity contribution in [2.24, 2.45) is 17.1 Å². The maximum absolute atomic E-state index is 14.1. The molecule has 2 fully saturated rings. The number of alkyl halides is 3. The lowest BCUT2D eigenvalue weighted by molar-refractivity contribution is -0.138. The number of rotatable bonds is 3. The number of nitrogens with zero attached hydrogens (tertiary/aromatic N) is 3. The molecule has 2 N–H and O–H groups in total. The SMILES string of the molecule is Cc1nc(N2C[C@H]3CCC[C@@]3(CN)C2)c(C(F)(F)F)c(=O)n1-c1cccc(Cl)c1Cl. The maximum Gasteiger partial charge on any atom is 0.425 e. The second-order valence-corrected chi connectivity index (χ2v) is 8.89. The van der Waals surface area contributed by atoms with E-state index < -0.39 is 17.3 Å². The van der Waals surface area contributed by atoms with Gasteiger partial charge in [-0.2, -0.15) is 13.2 Å². The predicted octanol–water partition coefficient (Wildman–Crippen LogP) is 4.43. The van der Waals surface area contributed by atoms with Crippen LogP contribution in [0.4, 0.5) is 19.0 Å². The molecule has 0 bridgehead atoms. The van der Waals surface area contributed by atoms with Crippen molar-refractivity contribution in [1.82, 2.24) is 9.55 Å². The largest absolute Gasteiger partial charge is 0.425 e. The molecule has 30 heavy (non-hydrogen) atoms. The van der Waals surface area contributed by atoms with Crippen molar-refractivity contribution in [3.8, 4) is 5.69 Å². The van der Waals surface area contributed by atoms with Crippen molar-refractivity contribution in [3.63, 3.8) is 0 Å². The number of hydrogen-bond acceptors (Lipinski definition) is 4. The highest BCUT2D eigenvalue weighted by Crippen LogP contribution is 2.49. The Morgan fingerprint density at radius 3 is 2.70 bits per heavy atom. The van der Waals surface area contributed by atoms with Gasteiger partial charge in [0.1, 0.15) is 11.6 Å². The third-order valence-electron chi connectivity index (χ3n) is 6.43. The van der Waals surface area contributed by atoms with E-state index in [1.165, 1.54) is 25.1 Å². The van der Waals surface area contributed by atoms with Gasteiger partial charge < -0.3 is 10.6 Å². The Morgan fingerprint density at radius 1 is 1.33 bits per heavy atom. The van der Waals surface area contributed by atoms with Gasteiger partial charge in [0, 0.05) is 18.5 Å². The van der Waals surface area contributed by atoms with Crippen molar-refractivity contribution in [2.75, 3.05) is 24.5 Å². The molecule has 1 aliphatic carbocycles. The molecule has 2 atom stereocenters. The van der Waals surface area contributed by atoms with Crippen LogP contribution in [0.25, 0.3) is 5.69 Å². The van der Waals surface area contributed by atoms with Gasteiger partial charge in [-0.3, -0.25) is 9.36 Å². The molecule has 0 spiro atoms. The van der Waals surface area contributed by atoms with E-state index in [9.17, 15) is 18.0 Å². The average Bonchev–Trinajstić information content (AvgIpc) is 3.21. The van der Waals surface area contributed by atoms with Gasteiger partial charge in [0.2, 0.25) is 0 Å². The van der Waals surface area contributed by atoms with E-state index in [0.29, 0.717) is 19.6 Å². The molecule has 10 heteroatoms. The standard InChI is InChI=1S/C20H21Cl2F3N4O/c1-11-27-17(28-8-12-4-3-7-19(12,9-26)10-28)15(20(23,24)25)18(30)29(11)14-6-2-5-13(21)16(14)22/h2,5-6,12H,3-4,7-10,26H2,1H3/t12-,19-/m1/s1. The highest BCUT2D eigenvalue weighted by molar-refractivity contribution is 6.43. The Hall–Kier alpha value is -1.77. The fraction of sp³-hybridized carbons (Fsp3) is 0.500. The van der Waals surface area contributed by atoms with Crippen molar-refractivity contribution in [2.45, 2.75) is 32.4 Å². The van der Waals surface area contributed by atoms with Crippen LogP contribution in [0.3, 0.4) is 0 Å². The Labute approximate surface area is 181 Å². The van der Waals surface area contributed by atoms with Gasteiger partial charge in [-0.25, -0.2) is 4.98 Å². The molecule has 1 saturated carbocycles. The van der Waals surface area contributed by atoms with Crippen LogP contribution in [-0.4, -0.2) is 29.2 Å². The number of aromatic nitrogens is 2. The fourth-order valence-electron chi connectivity index (χ4n) is 4.95. The predicted molar refractivity (Wildman–Crippen MR) is 111 cm³/mol. The minimum Gasteiger partial charge on any atom is -0.355 e. The summed E-state index contributed by atoms with van der Waals surface area (Å²) in [5.74, 6) is -0.0249. The summed E-state index contributed by atoms with van der Waals surface area (Å²) in [7, 11) is 0. The van der Waals surface area contributed by atoms with E-state index >= 15 is 0 Å². The number of benzene rings is 1. The first-order valence-corrected chi connectivity index (χ1v) is 10.4. The number of aryl methyl sites for hydroxylation is 1. The lowest BCUT2D eigenvalue weighted by atomic mass is 9.81. The summed E-state index contributed by atoms with van der Waals surface area (Å²) in [6.07, 6.45) is -2.07. The maximum atomic E-state index is 14.1. The monoisotopic (exact) mass is 460 g/mol. The summed E-state index contributed by atoms with van der Waals surface area (Å²) in [4.78, 5) is 19.0. The molecule has 2 heterocycles. The molecular formula is C20H21Cl2F3N4O. The molecule has 0 unspecified atom stereocenters. The van der Waals surface area contributed by atoms with E-state index in [-0.39, 0.29) is 38.7 Å². The van der Waals surface area contributed by atoms with Crippen LogP contribution in [0.5, 0.6) is 0 Å². The van der Waals surface area contributed by atoms with Gasteiger partial charge in [0.15, 0.2) is 5.56 Å². The molecule has 162 valence electrons. The lowest BCUT2D eigenvalue weighted by Crippen LogP contribution is -2.38. The Bertz CT molecular complexity index is 1060. The van der Waals surface area contributed by atoms with Gasteiger partial charge in [0.25, 0.3) is 5.56 Å². The van der Waals surface area contributed by atoms with Crippen molar-refractivity contribution < 1.29 is 13.2 Å². The normalized spacial score (nSPS) is 23.8. The van der Waals surface area contributed by atoms with E-state index in [2.05, 4.69) is 4.98 Å². The number of anilines is 1. The first kappa shape index (κ1) is 21.5. The molecule has 1 aromatic carbocycles. The van der Waals surface area contributed by atoms with Crippen LogP contribution < -0.4 is 16.2 Å². The van der Waals surface area contributed by atoms with Crippen LogP contribution in [0.15, 0.2) is 23.0 Å². The van der Waals surface area contributed by atoms with Crippen LogP contribution in [0.2, 0.25) is 10.0 Å². The molecule has 1 aromatic heterocycles. The Kier molecular flexibility index (Phi) is 5.31. The average molecular weight is 461 g/mol. The van der Waals surface area contributed by atoms with Crippen LogP contribution in [0.1, 0.15) is 30.7 Å². The highest BCUT2D eigenvalue weighted by atomic mass is 35.5. The van der Waals surface area contributed by atoms with Crippen LogP contribution >= 0.6 is 23.2 Å². The zero-order valence-electron chi connectivity index (χ0n) is 16.3. The summed E-state index contributed by atoms with van der Waals surface area (Å²) in [5, 5.41) is 0.125. The molecular weight excluding hydrogens is 440 g/mol. The minimum atomic E-state index is -4.88. The van der Waals surface area contributed by atoms with E-state index in [4.69, 9.17) is 28.9 Å². The summed E-state index contributed by atoms with van der Waals surface area (Å²) in [6, 6.07) is 4.45. The van der Waals surface area contributed by atoms with Crippen molar-refractivity contribution >= 4 is 29.0 Å². The third-order valence-corrected chi connectivity index (χ3v) is 7.24. The molecule has 0 amide bonds. The minimum absolute atomic E-state index is 0.00942. The quantitative estimate of drug-likeness (QED) is 0.735. The number of halogens is 5. The number of fused-ring (bicyclic) bond motifs is 1. The van der Waals surface area contributed by atoms with Gasteiger partial charge in [-0.05, 0) is 44.4 Å². The summed E-state index contributed by atoms with van der Waals surface area (Å²) in [5.41, 5.74) is 3.34. The van der Waals surface area contributed by atoms with Crippen LogP contribution in [-0.2, 0) is 6.18 Å². The molecule has 5 nitrogen and oxygen atoms in total. The van der Waals surface area contributed by atoms with E-state index in [0.717, 1.165) is 23.8 Å². The fourth-order valence-corrected chi connectivity index (χ4v) is 5.33. The van der Waals surface area contributed by atoms with Crippen molar-refractivity contribution in [3.05, 3.63) is 50.0 Å². The van der Waals surface area contributed by atoms with Gasteiger partial charge in [-0.1, -0.05) is 35.7 Å². The molecule has 1 aliphatic heterocycles. The van der Waals surface area contributed by atoms with Crippen LogP contribution in [0, 0.1) is 18.3 Å². The van der Waals surface area contributed by atoms with Crippen molar-refractivity contribution in [1.29, 1.82) is 0 Å². The smallest absolute Gasteiger partial charge is 0.355 e. The molecule has 4 rings (SSSR count). The number of nitrogens with two attached hydrogens (primary N) is 1. The highest BCUT2D eigenvalue weighted by Gasteiger charge is 2.51. The Balaban J connectivity index is 1.90.